The zero-order chi connectivity index (χ0) is 15.3. The van der Waals surface area contributed by atoms with E-state index in [9.17, 15) is 27.1 Å². The van der Waals surface area contributed by atoms with Crippen molar-refractivity contribution in [3.05, 3.63) is 29.6 Å². The van der Waals surface area contributed by atoms with E-state index >= 15 is 0 Å². The van der Waals surface area contributed by atoms with Gasteiger partial charge in [-0.25, -0.2) is 13.2 Å². The average Bonchev–Trinajstić information content (AvgIpc) is 2.38. The molecule has 0 heterocycles. The molecule has 1 aromatic rings. The molecule has 0 radical (unpaired) electrons. The number of methoxy groups -OCH3 is 1. The molecule has 1 aromatic carbocycles. The van der Waals surface area contributed by atoms with E-state index in [1.54, 1.807) is 0 Å². The van der Waals surface area contributed by atoms with Gasteiger partial charge in [0.25, 0.3) is 0 Å². The molecule has 0 bridgehead atoms. The van der Waals surface area contributed by atoms with Crippen LogP contribution in [-0.2, 0) is 4.74 Å². The molecular formula is C12H13F5O3. The third-order valence-electron chi connectivity index (χ3n) is 2.45. The summed E-state index contributed by atoms with van der Waals surface area (Å²) in [4.78, 5) is 0. The standard InChI is InChI=1S/C12H13F5O3/c1-19-10-3-2-7(4-8(10)13)9(18)5-20-6-12(16,17)11(14)15/h2-4,9,11,18H,5-6H2,1H3. The van der Waals surface area contributed by atoms with Crippen LogP contribution in [0.3, 0.4) is 0 Å². The van der Waals surface area contributed by atoms with Crippen molar-refractivity contribution in [3.63, 3.8) is 0 Å². The predicted molar refractivity (Wildman–Crippen MR) is 59.7 cm³/mol. The fourth-order valence-electron chi connectivity index (χ4n) is 1.36. The summed E-state index contributed by atoms with van der Waals surface area (Å²) in [6, 6.07) is 3.49. The Balaban J connectivity index is 2.55. The largest absolute Gasteiger partial charge is 0.494 e. The molecule has 114 valence electrons. The van der Waals surface area contributed by atoms with E-state index in [4.69, 9.17) is 0 Å². The van der Waals surface area contributed by atoms with Crippen LogP contribution in [0.1, 0.15) is 11.7 Å². The van der Waals surface area contributed by atoms with Crippen LogP contribution in [0.4, 0.5) is 22.0 Å². The van der Waals surface area contributed by atoms with Gasteiger partial charge in [0.15, 0.2) is 11.6 Å². The van der Waals surface area contributed by atoms with Crippen LogP contribution in [0.5, 0.6) is 5.75 Å². The van der Waals surface area contributed by atoms with E-state index in [2.05, 4.69) is 9.47 Å². The third-order valence-corrected chi connectivity index (χ3v) is 2.45. The van der Waals surface area contributed by atoms with Crippen molar-refractivity contribution < 1.29 is 36.5 Å². The number of hydrogen-bond donors (Lipinski definition) is 1. The topological polar surface area (TPSA) is 38.7 Å². The van der Waals surface area contributed by atoms with Gasteiger partial charge in [-0.15, -0.1) is 0 Å². The Hall–Kier alpha value is -1.41. The lowest BCUT2D eigenvalue weighted by Crippen LogP contribution is -2.33. The molecule has 1 rings (SSSR count). The van der Waals surface area contributed by atoms with E-state index in [1.807, 2.05) is 0 Å². The quantitative estimate of drug-likeness (QED) is 0.787. The van der Waals surface area contributed by atoms with Gasteiger partial charge >= 0.3 is 12.3 Å². The molecule has 0 saturated carbocycles. The molecule has 0 aliphatic carbocycles. The highest BCUT2D eigenvalue weighted by molar-refractivity contribution is 5.30. The van der Waals surface area contributed by atoms with Crippen molar-refractivity contribution in [2.75, 3.05) is 20.3 Å². The van der Waals surface area contributed by atoms with Crippen LogP contribution in [0.2, 0.25) is 0 Å². The molecule has 3 nitrogen and oxygen atoms in total. The third kappa shape index (κ3) is 4.31. The first-order valence-electron chi connectivity index (χ1n) is 5.53. The van der Waals surface area contributed by atoms with Gasteiger partial charge in [0, 0.05) is 0 Å². The van der Waals surface area contributed by atoms with Crippen molar-refractivity contribution in [2.24, 2.45) is 0 Å². The second kappa shape index (κ2) is 6.85. The highest BCUT2D eigenvalue weighted by Gasteiger charge is 2.41. The van der Waals surface area contributed by atoms with Crippen LogP contribution < -0.4 is 4.74 Å². The number of benzene rings is 1. The number of halogens is 5. The van der Waals surface area contributed by atoms with Gasteiger partial charge < -0.3 is 14.6 Å². The first kappa shape index (κ1) is 16.6. The zero-order valence-electron chi connectivity index (χ0n) is 10.5. The normalized spacial score (nSPS) is 13.6. The van der Waals surface area contributed by atoms with Crippen molar-refractivity contribution >= 4 is 0 Å². The highest BCUT2D eigenvalue weighted by atomic mass is 19.3. The minimum Gasteiger partial charge on any atom is -0.494 e. The van der Waals surface area contributed by atoms with Crippen molar-refractivity contribution in [2.45, 2.75) is 18.5 Å². The van der Waals surface area contributed by atoms with Gasteiger partial charge in [0.1, 0.15) is 12.7 Å². The van der Waals surface area contributed by atoms with Gasteiger partial charge in [-0.2, -0.15) is 8.78 Å². The summed E-state index contributed by atoms with van der Waals surface area (Å²) in [5, 5.41) is 9.58. The second-order valence-electron chi connectivity index (χ2n) is 3.99. The lowest BCUT2D eigenvalue weighted by Gasteiger charge is -2.17. The Morgan fingerprint density at radius 1 is 1.30 bits per heavy atom. The minimum absolute atomic E-state index is 0.0499. The predicted octanol–water partition coefficient (Wildman–Crippen LogP) is 2.78. The maximum Gasteiger partial charge on any atom is 0.330 e. The summed E-state index contributed by atoms with van der Waals surface area (Å²) in [6.45, 7) is -2.19. The number of aliphatic hydroxyl groups is 1. The lowest BCUT2D eigenvalue weighted by molar-refractivity contribution is -0.170. The van der Waals surface area contributed by atoms with Crippen LogP contribution in [0.25, 0.3) is 0 Å². The highest BCUT2D eigenvalue weighted by Crippen LogP contribution is 2.25. The molecule has 0 fully saturated rings. The molecular weight excluding hydrogens is 287 g/mol. The number of alkyl halides is 4. The molecule has 20 heavy (non-hydrogen) atoms. The lowest BCUT2D eigenvalue weighted by atomic mass is 10.1. The Morgan fingerprint density at radius 2 is 1.95 bits per heavy atom. The van der Waals surface area contributed by atoms with Crippen LogP contribution >= 0.6 is 0 Å². The summed E-state index contributed by atoms with van der Waals surface area (Å²) >= 11 is 0. The molecule has 0 amide bonds. The summed E-state index contributed by atoms with van der Waals surface area (Å²) < 4.78 is 71.1. The van der Waals surface area contributed by atoms with Gasteiger partial charge in [-0.1, -0.05) is 6.07 Å². The van der Waals surface area contributed by atoms with Gasteiger partial charge in [-0.05, 0) is 17.7 Å². The van der Waals surface area contributed by atoms with E-state index in [1.165, 1.54) is 19.2 Å². The summed E-state index contributed by atoms with van der Waals surface area (Å²) in [6.07, 6.45) is -5.26. The Bertz CT molecular complexity index is 439. The van der Waals surface area contributed by atoms with E-state index < -0.39 is 37.5 Å². The fourth-order valence-corrected chi connectivity index (χ4v) is 1.36. The van der Waals surface area contributed by atoms with Gasteiger partial charge in [0.05, 0.1) is 13.7 Å². The number of rotatable bonds is 7. The minimum atomic E-state index is -4.29. The van der Waals surface area contributed by atoms with Crippen LogP contribution in [-0.4, -0.2) is 37.8 Å². The van der Waals surface area contributed by atoms with Crippen molar-refractivity contribution in [1.29, 1.82) is 0 Å². The molecule has 0 aliphatic heterocycles. The molecule has 8 heteroatoms. The number of aliphatic hydroxyl groups excluding tert-OH is 1. The first-order valence-corrected chi connectivity index (χ1v) is 5.53. The molecule has 0 saturated heterocycles. The summed E-state index contributed by atoms with van der Waals surface area (Å²) in [5.41, 5.74) is 0.0589. The monoisotopic (exact) mass is 300 g/mol. The molecule has 1 atom stereocenters. The molecule has 1 N–H and O–H groups in total. The smallest absolute Gasteiger partial charge is 0.330 e. The van der Waals surface area contributed by atoms with Crippen LogP contribution in [0.15, 0.2) is 18.2 Å². The van der Waals surface area contributed by atoms with E-state index in [0.717, 1.165) is 6.07 Å². The van der Waals surface area contributed by atoms with E-state index in [0.29, 0.717) is 0 Å². The zero-order valence-corrected chi connectivity index (χ0v) is 10.5. The number of ether oxygens (including phenoxy) is 2. The molecule has 0 aromatic heterocycles. The molecule has 0 spiro atoms. The second-order valence-corrected chi connectivity index (χ2v) is 3.99. The SMILES string of the molecule is COc1ccc(C(O)COCC(F)(F)C(F)F)cc1F. The van der Waals surface area contributed by atoms with E-state index in [-0.39, 0.29) is 11.3 Å². The van der Waals surface area contributed by atoms with Crippen LogP contribution in [0, 0.1) is 5.82 Å². The Kier molecular flexibility index (Phi) is 5.70. The van der Waals surface area contributed by atoms with Gasteiger partial charge in [0.2, 0.25) is 0 Å². The summed E-state index contributed by atoms with van der Waals surface area (Å²) in [5.74, 6) is -5.08. The maximum absolute atomic E-state index is 13.3. The Labute approximate surface area is 111 Å². The molecule has 0 aliphatic rings. The molecule has 1 unspecified atom stereocenters. The van der Waals surface area contributed by atoms with Crippen molar-refractivity contribution in [3.8, 4) is 5.75 Å². The number of hydrogen-bond acceptors (Lipinski definition) is 3. The first-order chi connectivity index (χ1) is 9.27. The fraction of sp³-hybridized carbons (Fsp3) is 0.500. The van der Waals surface area contributed by atoms with Gasteiger partial charge in [-0.3, -0.25) is 0 Å². The van der Waals surface area contributed by atoms with Crippen molar-refractivity contribution in [1.82, 2.24) is 0 Å². The maximum atomic E-state index is 13.3. The summed E-state index contributed by atoms with van der Waals surface area (Å²) in [7, 11) is 1.25. The average molecular weight is 300 g/mol. The Morgan fingerprint density at radius 3 is 2.45 bits per heavy atom.